The Hall–Kier alpha value is -3.24. The van der Waals surface area contributed by atoms with Crippen molar-refractivity contribution >= 4 is 16.8 Å². The van der Waals surface area contributed by atoms with Crippen molar-refractivity contribution in [2.75, 3.05) is 20.2 Å². The number of alkyl halides is 3. The van der Waals surface area contributed by atoms with Crippen LogP contribution in [0, 0.1) is 0 Å². The number of hydrogen-bond donors (Lipinski definition) is 1. The molecule has 1 aliphatic heterocycles. The Bertz CT molecular complexity index is 1150. The molecule has 1 N–H and O–H groups in total. The summed E-state index contributed by atoms with van der Waals surface area (Å²) in [7, 11) is 2.61. The Morgan fingerprint density at radius 1 is 1.23 bits per heavy atom. The standard InChI is InChI=1S/C19H20F3N5O3/c1-25-17(19(20,21)22)24-27(18(25)29)12-5-7-26(8-6-12)16(28)15-9-11-3-4-13(30-2)10-14(11)23-15/h3-4,9-10,12,23H,5-8H2,1-2H3. The largest absolute Gasteiger partial charge is 0.497 e. The van der Waals surface area contributed by atoms with Gasteiger partial charge >= 0.3 is 11.9 Å². The van der Waals surface area contributed by atoms with E-state index < -0.39 is 23.7 Å². The molecule has 1 amide bonds. The zero-order chi connectivity index (χ0) is 21.6. The first-order valence-electron chi connectivity index (χ1n) is 9.38. The minimum absolute atomic E-state index is 0.201. The van der Waals surface area contributed by atoms with Crippen molar-refractivity contribution in [3.8, 4) is 5.75 Å². The number of H-pyrrole nitrogens is 1. The first-order chi connectivity index (χ1) is 14.2. The number of carbonyl (C=O) groups excluding carboxylic acids is 1. The van der Waals surface area contributed by atoms with E-state index in [1.165, 1.54) is 0 Å². The van der Waals surface area contributed by atoms with Crippen molar-refractivity contribution in [2.24, 2.45) is 7.05 Å². The monoisotopic (exact) mass is 423 g/mol. The third kappa shape index (κ3) is 3.44. The summed E-state index contributed by atoms with van der Waals surface area (Å²) in [5, 5.41) is 4.37. The van der Waals surface area contributed by atoms with Crippen LogP contribution < -0.4 is 10.4 Å². The fourth-order valence-corrected chi connectivity index (χ4v) is 3.77. The van der Waals surface area contributed by atoms with E-state index in [1.54, 1.807) is 30.2 Å². The van der Waals surface area contributed by atoms with Crippen LogP contribution in [0.4, 0.5) is 13.2 Å². The topological polar surface area (TPSA) is 85.2 Å². The molecule has 1 aliphatic rings. The lowest BCUT2D eigenvalue weighted by molar-refractivity contribution is -0.147. The van der Waals surface area contributed by atoms with Crippen LogP contribution in [0.15, 0.2) is 29.1 Å². The van der Waals surface area contributed by atoms with Crippen LogP contribution in [-0.2, 0) is 13.2 Å². The molecule has 0 radical (unpaired) electrons. The average Bonchev–Trinajstić information content (AvgIpc) is 3.28. The maximum Gasteiger partial charge on any atom is 0.451 e. The molecule has 3 heterocycles. The molecule has 4 rings (SSSR count). The van der Waals surface area contributed by atoms with E-state index in [9.17, 15) is 22.8 Å². The molecule has 0 spiro atoms. The fraction of sp³-hybridized carbons (Fsp3) is 0.421. The van der Waals surface area contributed by atoms with Crippen molar-refractivity contribution in [1.29, 1.82) is 0 Å². The number of amides is 1. The SMILES string of the molecule is COc1ccc2cc(C(=O)N3CCC(n4nc(C(F)(F)F)n(C)c4=O)CC3)[nH]c2c1. The van der Waals surface area contributed by atoms with Gasteiger partial charge in [-0.05, 0) is 31.0 Å². The van der Waals surface area contributed by atoms with E-state index in [1.807, 2.05) is 6.07 Å². The average molecular weight is 423 g/mol. The number of piperidine rings is 1. The lowest BCUT2D eigenvalue weighted by Crippen LogP contribution is -2.41. The van der Waals surface area contributed by atoms with Gasteiger partial charge in [0.05, 0.1) is 13.2 Å². The second-order valence-corrected chi connectivity index (χ2v) is 7.27. The summed E-state index contributed by atoms with van der Waals surface area (Å²) < 4.78 is 45.6. The Morgan fingerprint density at radius 3 is 2.53 bits per heavy atom. The highest BCUT2D eigenvalue weighted by Gasteiger charge is 2.39. The third-order valence-electron chi connectivity index (χ3n) is 5.41. The maximum absolute atomic E-state index is 13.0. The van der Waals surface area contributed by atoms with Crippen molar-refractivity contribution in [3.63, 3.8) is 0 Å². The molecule has 0 atom stereocenters. The van der Waals surface area contributed by atoms with Gasteiger partial charge in [-0.1, -0.05) is 0 Å². The minimum atomic E-state index is -4.70. The summed E-state index contributed by atoms with van der Waals surface area (Å²) >= 11 is 0. The molecule has 11 heteroatoms. The summed E-state index contributed by atoms with van der Waals surface area (Å²) in [6.07, 6.45) is -4.02. The van der Waals surface area contributed by atoms with Gasteiger partial charge in [0, 0.05) is 37.1 Å². The molecule has 160 valence electrons. The van der Waals surface area contributed by atoms with Crippen molar-refractivity contribution in [1.82, 2.24) is 24.2 Å². The van der Waals surface area contributed by atoms with Crippen molar-refractivity contribution in [2.45, 2.75) is 25.1 Å². The number of nitrogens with zero attached hydrogens (tertiary/aromatic N) is 4. The van der Waals surface area contributed by atoms with Gasteiger partial charge in [0.2, 0.25) is 5.82 Å². The Balaban J connectivity index is 1.48. The van der Waals surface area contributed by atoms with Crippen LogP contribution >= 0.6 is 0 Å². The van der Waals surface area contributed by atoms with Crippen LogP contribution in [0.1, 0.15) is 35.2 Å². The van der Waals surface area contributed by atoms with E-state index in [-0.39, 0.29) is 5.91 Å². The molecule has 1 aromatic carbocycles. The van der Waals surface area contributed by atoms with E-state index in [2.05, 4.69) is 10.1 Å². The normalized spacial score (nSPS) is 15.7. The molecular formula is C19H20F3N5O3. The Kier molecular flexibility index (Phi) is 4.83. The first-order valence-corrected chi connectivity index (χ1v) is 9.38. The molecule has 1 fully saturated rings. The van der Waals surface area contributed by atoms with Gasteiger partial charge in [-0.25, -0.2) is 9.48 Å². The summed E-state index contributed by atoms with van der Waals surface area (Å²) in [5.41, 5.74) is 0.384. The van der Waals surface area contributed by atoms with Gasteiger partial charge in [-0.2, -0.15) is 13.2 Å². The molecule has 8 nitrogen and oxygen atoms in total. The zero-order valence-corrected chi connectivity index (χ0v) is 16.4. The highest BCUT2D eigenvalue weighted by molar-refractivity contribution is 5.98. The summed E-state index contributed by atoms with van der Waals surface area (Å²) in [6, 6.07) is 6.71. The number of likely N-dealkylation sites (tertiary alicyclic amines) is 1. The summed E-state index contributed by atoms with van der Waals surface area (Å²) in [6.45, 7) is 0.624. The number of fused-ring (bicyclic) bond motifs is 1. The molecule has 0 bridgehead atoms. The highest BCUT2D eigenvalue weighted by atomic mass is 19.4. The van der Waals surface area contributed by atoms with E-state index >= 15 is 0 Å². The van der Waals surface area contributed by atoms with E-state index in [0.29, 0.717) is 41.9 Å². The van der Waals surface area contributed by atoms with Crippen LogP contribution in [0.25, 0.3) is 10.9 Å². The molecular weight excluding hydrogens is 403 g/mol. The molecule has 0 aliphatic carbocycles. The molecule has 1 saturated heterocycles. The predicted molar refractivity (Wildman–Crippen MR) is 101 cm³/mol. The van der Waals surface area contributed by atoms with Gasteiger partial charge in [0.25, 0.3) is 5.91 Å². The Morgan fingerprint density at radius 2 is 1.93 bits per heavy atom. The number of nitrogens with one attached hydrogen (secondary N) is 1. The second kappa shape index (κ2) is 7.22. The van der Waals surface area contributed by atoms with Crippen molar-refractivity contribution in [3.05, 3.63) is 46.3 Å². The van der Waals surface area contributed by atoms with Crippen LogP contribution in [0.5, 0.6) is 5.75 Å². The maximum atomic E-state index is 13.0. The fourth-order valence-electron chi connectivity index (χ4n) is 3.77. The highest BCUT2D eigenvalue weighted by Crippen LogP contribution is 2.28. The molecule has 0 unspecified atom stereocenters. The summed E-state index contributed by atoms with van der Waals surface area (Å²) in [4.78, 5) is 29.7. The number of carbonyl (C=O) groups is 1. The number of aromatic amines is 1. The van der Waals surface area contributed by atoms with Crippen LogP contribution in [0.2, 0.25) is 0 Å². The van der Waals surface area contributed by atoms with Crippen LogP contribution in [0.3, 0.4) is 0 Å². The van der Waals surface area contributed by atoms with Crippen LogP contribution in [-0.4, -0.2) is 50.3 Å². The quantitative estimate of drug-likeness (QED) is 0.702. The Labute approximate surface area is 168 Å². The van der Waals surface area contributed by atoms with Gasteiger partial charge < -0.3 is 14.6 Å². The second-order valence-electron chi connectivity index (χ2n) is 7.27. The number of hydrogen-bond acceptors (Lipinski definition) is 4. The predicted octanol–water partition coefficient (Wildman–Crippen LogP) is 2.57. The van der Waals surface area contributed by atoms with E-state index in [0.717, 1.165) is 22.6 Å². The number of ether oxygens (including phenoxy) is 1. The summed E-state index contributed by atoms with van der Waals surface area (Å²) in [5.74, 6) is -0.754. The van der Waals surface area contributed by atoms with Crippen molar-refractivity contribution < 1.29 is 22.7 Å². The molecule has 30 heavy (non-hydrogen) atoms. The molecule has 0 saturated carbocycles. The van der Waals surface area contributed by atoms with Gasteiger partial charge in [-0.3, -0.25) is 9.36 Å². The smallest absolute Gasteiger partial charge is 0.451 e. The third-order valence-corrected chi connectivity index (χ3v) is 5.41. The van der Waals surface area contributed by atoms with E-state index in [4.69, 9.17) is 4.74 Å². The van der Waals surface area contributed by atoms with Gasteiger partial charge in [0.1, 0.15) is 11.4 Å². The lowest BCUT2D eigenvalue weighted by Gasteiger charge is -2.31. The minimum Gasteiger partial charge on any atom is -0.497 e. The number of aromatic nitrogens is 4. The number of halogens is 3. The number of benzene rings is 1. The zero-order valence-electron chi connectivity index (χ0n) is 16.4. The van der Waals surface area contributed by atoms with Gasteiger partial charge in [0.15, 0.2) is 0 Å². The molecule has 3 aromatic rings. The first kappa shape index (κ1) is 20.0. The van der Waals surface area contributed by atoms with Gasteiger partial charge in [-0.15, -0.1) is 5.10 Å². The molecule has 2 aromatic heterocycles. The lowest BCUT2D eigenvalue weighted by atomic mass is 10.1. The number of rotatable bonds is 3. The number of methoxy groups -OCH3 is 1.